The van der Waals surface area contributed by atoms with Crippen LogP contribution in [0, 0.1) is 0 Å². The molecule has 0 saturated heterocycles. The molecule has 0 amide bonds. The topological polar surface area (TPSA) is 118 Å². The molecule has 2 aromatic heterocycles. The van der Waals surface area contributed by atoms with Crippen molar-refractivity contribution in [3.05, 3.63) is 30.3 Å². The Morgan fingerprint density at radius 1 is 1.20 bits per heavy atom. The van der Waals surface area contributed by atoms with E-state index in [-0.39, 0.29) is 5.95 Å². The molecule has 0 spiro atoms. The van der Waals surface area contributed by atoms with Crippen molar-refractivity contribution in [1.29, 1.82) is 0 Å². The van der Waals surface area contributed by atoms with E-state index >= 15 is 0 Å². The van der Waals surface area contributed by atoms with E-state index in [1.165, 1.54) is 4.80 Å². The minimum Gasteiger partial charge on any atom is -0.472 e. The molecule has 0 fully saturated rings. The molecular weight excluding hydrogens is 262 g/mol. The van der Waals surface area contributed by atoms with Crippen molar-refractivity contribution in [2.24, 2.45) is 0 Å². The van der Waals surface area contributed by atoms with Gasteiger partial charge in [-0.2, -0.15) is 4.80 Å². The van der Waals surface area contributed by atoms with Crippen LogP contribution in [0.25, 0.3) is 11.3 Å². The van der Waals surface area contributed by atoms with Crippen molar-refractivity contribution < 1.29 is 9.37 Å². The Bertz CT molecular complexity index is 679. The maximum atomic E-state index is 5.51. The Morgan fingerprint density at radius 3 is 2.80 bits per heavy atom. The molecule has 1 aromatic carbocycles. The summed E-state index contributed by atoms with van der Waals surface area (Å²) in [6.07, 6.45) is 0. The predicted molar refractivity (Wildman–Crippen MR) is 67.5 cm³/mol. The van der Waals surface area contributed by atoms with Crippen molar-refractivity contribution in [2.75, 3.05) is 12.3 Å². The summed E-state index contributed by atoms with van der Waals surface area (Å²) < 4.78 is 10.2. The van der Waals surface area contributed by atoms with Gasteiger partial charge in [0.2, 0.25) is 0 Å². The van der Waals surface area contributed by atoms with Gasteiger partial charge in [0.05, 0.1) is 6.54 Å². The van der Waals surface area contributed by atoms with Gasteiger partial charge in [0.1, 0.15) is 6.61 Å². The fourth-order valence-corrected chi connectivity index (χ4v) is 1.62. The third-order valence-electron chi connectivity index (χ3n) is 2.50. The van der Waals surface area contributed by atoms with Crippen molar-refractivity contribution in [2.45, 2.75) is 6.54 Å². The second-order valence-corrected chi connectivity index (χ2v) is 3.88. The fraction of sp³-hybridized carbons (Fsp3) is 0.182. The summed E-state index contributed by atoms with van der Waals surface area (Å²) in [6.45, 7) is 0.690. The largest absolute Gasteiger partial charge is 0.472 e. The lowest BCUT2D eigenvalue weighted by Gasteiger charge is -2.02. The Labute approximate surface area is 113 Å². The number of nitrogen functional groups attached to an aromatic ring is 1. The number of anilines is 1. The maximum Gasteiger partial charge on any atom is 0.283 e. The predicted octanol–water partition coefficient (Wildman–Crippen LogP) is 0.384. The Hall–Kier alpha value is -2.97. The average molecular weight is 273 g/mol. The van der Waals surface area contributed by atoms with Gasteiger partial charge in [-0.05, 0) is 15.5 Å². The molecule has 9 nitrogen and oxygen atoms in total. The standard InChI is InChI=1S/C11H11N7O2/c12-11-13-17-18(14-11)6-7-19-10-9(15-20-16-10)8-4-2-1-3-5-8/h1-5H,6-7H2,(H2,12,14). The number of hydrogen-bond acceptors (Lipinski definition) is 8. The number of aromatic nitrogens is 6. The minimum atomic E-state index is 0.123. The highest BCUT2D eigenvalue weighted by Gasteiger charge is 2.13. The zero-order valence-electron chi connectivity index (χ0n) is 10.4. The van der Waals surface area contributed by atoms with Crippen molar-refractivity contribution >= 4 is 5.95 Å². The Balaban J connectivity index is 1.65. The molecule has 102 valence electrons. The van der Waals surface area contributed by atoms with E-state index in [0.29, 0.717) is 24.7 Å². The smallest absolute Gasteiger partial charge is 0.283 e. The molecule has 9 heteroatoms. The summed E-state index contributed by atoms with van der Waals surface area (Å²) in [5, 5.41) is 18.7. The third kappa shape index (κ3) is 2.55. The van der Waals surface area contributed by atoms with Crippen LogP contribution in [-0.4, -0.2) is 37.1 Å². The highest BCUT2D eigenvalue weighted by Crippen LogP contribution is 2.25. The average Bonchev–Trinajstić information content (AvgIpc) is 3.09. The Kier molecular flexibility index (Phi) is 3.23. The Morgan fingerprint density at radius 2 is 2.05 bits per heavy atom. The van der Waals surface area contributed by atoms with Crippen LogP contribution in [0.15, 0.2) is 35.0 Å². The van der Waals surface area contributed by atoms with E-state index < -0.39 is 0 Å². The minimum absolute atomic E-state index is 0.123. The molecule has 0 atom stereocenters. The van der Waals surface area contributed by atoms with Crippen molar-refractivity contribution in [3.63, 3.8) is 0 Å². The quantitative estimate of drug-likeness (QED) is 0.709. The lowest BCUT2D eigenvalue weighted by atomic mass is 10.2. The number of ether oxygens (including phenoxy) is 1. The summed E-state index contributed by atoms with van der Waals surface area (Å²) in [5.41, 5.74) is 6.78. The zero-order valence-corrected chi connectivity index (χ0v) is 10.4. The molecule has 2 heterocycles. The van der Waals surface area contributed by atoms with E-state index in [9.17, 15) is 0 Å². The molecule has 0 aliphatic carbocycles. The van der Waals surface area contributed by atoms with Gasteiger partial charge in [-0.1, -0.05) is 35.4 Å². The van der Waals surface area contributed by atoms with Gasteiger partial charge in [-0.3, -0.25) is 0 Å². The molecule has 0 radical (unpaired) electrons. The molecule has 3 aromatic rings. The van der Waals surface area contributed by atoms with Gasteiger partial charge >= 0.3 is 0 Å². The summed E-state index contributed by atoms with van der Waals surface area (Å²) >= 11 is 0. The fourth-order valence-electron chi connectivity index (χ4n) is 1.62. The molecule has 2 N–H and O–H groups in total. The number of hydrogen-bond donors (Lipinski definition) is 1. The van der Waals surface area contributed by atoms with E-state index in [1.807, 2.05) is 30.3 Å². The van der Waals surface area contributed by atoms with Crippen LogP contribution in [0.2, 0.25) is 0 Å². The van der Waals surface area contributed by atoms with Gasteiger partial charge in [0.15, 0.2) is 5.69 Å². The van der Waals surface area contributed by atoms with Gasteiger partial charge in [-0.25, -0.2) is 4.63 Å². The first-order chi connectivity index (χ1) is 9.83. The van der Waals surface area contributed by atoms with Gasteiger partial charge in [-0.15, -0.1) is 5.10 Å². The first-order valence-corrected chi connectivity index (χ1v) is 5.87. The van der Waals surface area contributed by atoms with E-state index in [1.54, 1.807) is 0 Å². The number of tetrazole rings is 1. The molecule has 0 aliphatic rings. The summed E-state index contributed by atoms with van der Waals surface area (Å²) in [7, 11) is 0. The summed E-state index contributed by atoms with van der Waals surface area (Å²) in [6, 6.07) is 9.50. The zero-order chi connectivity index (χ0) is 13.8. The highest BCUT2D eigenvalue weighted by atomic mass is 16.6. The number of benzene rings is 1. The van der Waals surface area contributed by atoms with E-state index in [0.717, 1.165) is 5.56 Å². The number of rotatable bonds is 5. The molecule has 3 rings (SSSR count). The van der Waals surface area contributed by atoms with Crippen LogP contribution in [0.3, 0.4) is 0 Å². The SMILES string of the molecule is Nc1nnn(CCOc2nonc2-c2ccccc2)n1. The van der Waals surface area contributed by atoms with Crippen LogP contribution in [0.5, 0.6) is 5.88 Å². The number of nitrogens with zero attached hydrogens (tertiary/aromatic N) is 6. The number of nitrogens with two attached hydrogens (primary N) is 1. The lowest BCUT2D eigenvalue weighted by Crippen LogP contribution is -2.11. The summed E-state index contributed by atoms with van der Waals surface area (Å²) in [4.78, 5) is 1.34. The monoisotopic (exact) mass is 273 g/mol. The van der Waals surface area contributed by atoms with Crippen LogP contribution in [0.4, 0.5) is 5.95 Å². The molecule has 0 saturated carbocycles. The molecule has 0 aliphatic heterocycles. The summed E-state index contributed by atoms with van der Waals surface area (Å²) in [5.74, 6) is 0.447. The van der Waals surface area contributed by atoms with Gasteiger partial charge in [0.25, 0.3) is 11.8 Å². The third-order valence-corrected chi connectivity index (χ3v) is 2.50. The lowest BCUT2D eigenvalue weighted by molar-refractivity contribution is 0.239. The molecule has 0 unspecified atom stereocenters. The second kappa shape index (κ2) is 5.34. The van der Waals surface area contributed by atoms with Crippen molar-refractivity contribution in [3.8, 4) is 17.1 Å². The second-order valence-electron chi connectivity index (χ2n) is 3.88. The van der Waals surface area contributed by atoms with Crippen LogP contribution >= 0.6 is 0 Å². The van der Waals surface area contributed by atoms with Gasteiger partial charge < -0.3 is 10.5 Å². The van der Waals surface area contributed by atoms with Gasteiger partial charge in [0, 0.05) is 5.56 Å². The van der Waals surface area contributed by atoms with E-state index in [4.69, 9.17) is 15.1 Å². The molecule has 0 bridgehead atoms. The molecule has 20 heavy (non-hydrogen) atoms. The van der Waals surface area contributed by atoms with Crippen LogP contribution < -0.4 is 10.5 Å². The molecular formula is C11H11N7O2. The normalized spacial score (nSPS) is 10.6. The van der Waals surface area contributed by atoms with Crippen LogP contribution in [0.1, 0.15) is 0 Å². The van der Waals surface area contributed by atoms with Crippen molar-refractivity contribution in [1.82, 2.24) is 30.5 Å². The first-order valence-electron chi connectivity index (χ1n) is 5.87. The maximum absolute atomic E-state index is 5.51. The first kappa shape index (κ1) is 12.1. The van der Waals surface area contributed by atoms with E-state index in [2.05, 4.69) is 25.7 Å². The highest BCUT2D eigenvalue weighted by molar-refractivity contribution is 5.63. The van der Waals surface area contributed by atoms with Crippen LogP contribution in [-0.2, 0) is 6.54 Å².